The Balaban J connectivity index is 1.72. The molecule has 0 amide bonds. The molecule has 0 spiro atoms. The average Bonchev–Trinajstić information content (AvgIpc) is 2.58. The Bertz CT molecular complexity index is 683. The van der Waals surface area contributed by atoms with E-state index in [2.05, 4.69) is 16.2 Å². The lowest BCUT2D eigenvalue weighted by Gasteiger charge is -2.37. The van der Waals surface area contributed by atoms with Crippen molar-refractivity contribution in [2.24, 2.45) is 4.40 Å². The molecule has 1 aromatic rings. The molecule has 1 unspecified atom stereocenters. The van der Waals surface area contributed by atoms with Crippen molar-refractivity contribution in [1.29, 1.82) is 0 Å². The lowest BCUT2D eigenvalue weighted by Crippen LogP contribution is -2.46. The first kappa shape index (κ1) is 17.3. The molecular formula is C18H26N2O3S. The molecule has 0 bridgehead atoms. The summed E-state index contributed by atoms with van der Waals surface area (Å²) in [7, 11) is -3.30. The molecule has 1 saturated heterocycles. The molecular weight excluding hydrogens is 324 g/mol. The number of nitrogens with zero attached hydrogens (tertiary/aromatic N) is 2. The second-order valence-corrected chi connectivity index (χ2v) is 8.30. The molecule has 1 fully saturated rings. The Kier molecular flexibility index (Phi) is 5.43. The molecule has 0 aliphatic carbocycles. The molecule has 2 aliphatic heterocycles. The number of fused-ring (bicyclic) bond motifs is 1. The van der Waals surface area contributed by atoms with E-state index in [1.165, 1.54) is 12.8 Å². The van der Waals surface area contributed by atoms with Crippen LogP contribution in [0.2, 0.25) is 0 Å². The first-order valence-corrected chi connectivity index (χ1v) is 10.5. The maximum absolute atomic E-state index is 11.9. The second kappa shape index (κ2) is 7.55. The van der Waals surface area contributed by atoms with Gasteiger partial charge in [0.1, 0.15) is 11.6 Å². The molecule has 2 heterocycles. The summed E-state index contributed by atoms with van der Waals surface area (Å²) in [6.45, 7) is 4.39. The van der Waals surface area contributed by atoms with Gasteiger partial charge < -0.3 is 9.64 Å². The summed E-state index contributed by atoms with van der Waals surface area (Å²) in [5.74, 6) is 1.81. The summed E-state index contributed by atoms with van der Waals surface area (Å²) in [6.07, 6.45) is 5.46. The fraction of sp³-hybridized carbons (Fsp3) is 0.611. The molecule has 0 N–H and O–H groups in total. The third kappa shape index (κ3) is 4.09. The monoisotopic (exact) mass is 350 g/mol. The molecule has 1 atom stereocenters. The highest BCUT2D eigenvalue weighted by molar-refractivity contribution is 7.90. The van der Waals surface area contributed by atoms with E-state index >= 15 is 0 Å². The van der Waals surface area contributed by atoms with Crippen molar-refractivity contribution in [3.05, 3.63) is 29.8 Å². The van der Waals surface area contributed by atoms with Crippen LogP contribution in [0.25, 0.3) is 0 Å². The smallest absolute Gasteiger partial charge is 0.256 e. The number of unbranched alkanes of at least 4 members (excludes halogenated alkanes) is 2. The minimum absolute atomic E-state index is 0.0722. The minimum atomic E-state index is -3.30. The van der Waals surface area contributed by atoms with Crippen molar-refractivity contribution in [3.63, 3.8) is 0 Å². The van der Waals surface area contributed by atoms with Crippen molar-refractivity contribution < 1.29 is 13.2 Å². The van der Waals surface area contributed by atoms with E-state index in [0.29, 0.717) is 6.54 Å². The van der Waals surface area contributed by atoms with Gasteiger partial charge in [0.15, 0.2) is 0 Å². The number of rotatable bonds is 6. The SMILES string of the molecule is CCCCCOc1ccc(C2CCCN3CCS(=O)(=O)N=C23)cc1. The van der Waals surface area contributed by atoms with Crippen LogP contribution in [-0.2, 0) is 10.0 Å². The van der Waals surface area contributed by atoms with E-state index in [4.69, 9.17) is 4.74 Å². The van der Waals surface area contributed by atoms with Gasteiger partial charge in [0.25, 0.3) is 10.0 Å². The summed E-state index contributed by atoms with van der Waals surface area (Å²) in [5, 5.41) is 0. The van der Waals surface area contributed by atoms with E-state index in [-0.39, 0.29) is 11.7 Å². The van der Waals surface area contributed by atoms with Gasteiger partial charge in [0, 0.05) is 19.0 Å². The standard InChI is InChI=1S/C18H26N2O3S/c1-2-3-4-13-23-16-9-7-15(8-10-16)17-6-5-11-20-12-14-24(21,22)19-18(17)20/h7-10,17H,2-6,11-14H2,1H3. The van der Waals surface area contributed by atoms with Crippen LogP contribution >= 0.6 is 0 Å². The van der Waals surface area contributed by atoms with Gasteiger partial charge >= 0.3 is 0 Å². The number of hydrogen-bond acceptors (Lipinski definition) is 4. The van der Waals surface area contributed by atoms with Crippen molar-refractivity contribution in [3.8, 4) is 5.75 Å². The van der Waals surface area contributed by atoms with Crippen molar-refractivity contribution in [1.82, 2.24) is 4.90 Å². The van der Waals surface area contributed by atoms with Gasteiger partial charge in [0.2, 0.25) is 0 Å². The molecule has 6 heteroatoms. The van der Waals surface area contributed by atoms with Crippen LogP contribution in [-0.4, -0.2) is 44.6 Å². The number of ether oxygens (including phenoxy) is 1. The van der Waals surface area contributed by atoms with E-state index in [1.807, 2.05) is 24.3 Å². The van der Waals surface area contributed by atoms with Gasteiger partial charge in [-0.1, -0.05) is 31.9 Å². The van der Waals surface area contributed by atoms with E-state index in [9.17, 15) is 8.42 Å². The Labute approximate surface area is 144 Å². The predicted molar refractivity (Wildman–Crippen MR) is 96.2 cm³/mol. The summed E-state index contributed by atoms with van der Waals surface area (Å²) < 4.78 is 33.6. The molecule has 5 nitrogen and oxygen atoms in total. The summed E-state index contributed by atoms with van der Waals surface area (Å²) in [4.78, 5) is 2.13. The summed E-state index contributed by atoms with van der Waals surface area (Å²) in [6, 6.07) is 8.07. The summed E-state index contributed by atoms with van der Waals surface area (Å²) in [5.41, 5.74) is 1.12. The molecule has 1 aromatic carbocycles. The van der Waals surface area contributed by atoms with Gasteiger partial charge in [-0.05, 0) is 37.0 Å². The van der Waals surface area contributed by atoms with E-state index in [1.54, 1.807) is 0 Å². The zero-order chi connectivity index (χ0) is 17.0. The molecule has 3 rings (SSSR count). The Morgan fingerprint density at radius 1 is 1.21 bits per heavy atom. The largest absolute Gasteiger partial charge is 0.494 e. The normalized spacial score (nSPS) is 22.6. The molecule has 0 radical (unpaired) electrons. The number of benzene rings is 1. The van der Waals surface area contributed by atoms with Crippen molar-refractivity contribution in [2.45, 2.75) is 44.9 Å². The average molecular weight is 350 g/mol. The third-order valence-electron chi connectivity index (χ3n) is 4.71. The predicted octanol–water partition coefficient (Wildman–Crippen LogP) is 3.18. The van der Waals surface area contributed by atoms with Crippen LogP contribution in [0.1, 0.15) is 50.5 Å². The fourth-order valence-corrected chi connectivity index (χ4v) is 4.44. The zero-order valence-corrected chi connectivity index (χ0v) is 15.1. The van der Waals surface area contributed by atoms with Crippen LogP contribution in [0.3, 0.4) is 0 Å². The minimum Gasteiger partial charge on any atom is -0.494 e. The number of amidine groups is 1. The van der Waals surface area contributed by atoms with E-state index in [0.717, 1.165) is 49.6 Å². The number of sulfonamides is 1. The fourth-order valence-electron chi connectivity index (χ4n) is 3.37. The van der Waals surface area contributed by atoms with Crippen molar-refractivity contribution >= 4 is 15.9 Å². The number of piperidine rings is 1. The van der Waals surface area contributed by atoms with Crippen LogP contribution < -0.4 is 4.74 Å². The molecule has 2 aliphatic rings. The Morgan fingerprint density at radius 2 is 2.00 bits per heavy atom. The molecule has 0 aromatic heterocycles. The van der Waals surface area contributed by atoms with Gasteiger partial charge in [-0.25, -0.2) is 8.42 Å². The summed E-state index contributed by atoms with van der Waals surface area (Å²) >= 11 is 0. The lowest BCUT2D eigenvalue weighted by atomic mass is 9.89. The van der Waals surface area contributed by atoms with Gasteiger partial charge in [0.05, 0.1) is 12.4 Å². The highest BCUT2D eigenvalue weighted by atomic mass is 32.2. The molecule has 132 valence electrons. The topological polar surface area (TPSA) is 59.0 Å². The molecule has 0 saturated carbocycles. The van der Waals surface area contributed by atoms with E-state index < -0.39 is 10.0 Å². The number of hydrogen-bond donors (Lipinski definition) is 0. The highest BCUT2D eigenvalue weighted by Crippen LogP contribution is 2.32. The van der Waals surface area contributed by atoms with Crippen LogP contribution in [0, 0.1) is 0 Å². The van der Waals surface area contributed by atoms with Gasteiger partial charge in [-0.2, -0.15) is 0 Å². The van der Waals surface area contributed by atoms with Crippen LogP contribution in [0.5, 0.6) is 5.75 Å². The first-order valence-electron chi connectivity index (χ1n) is 8.89. The van der Waals surface area contributed by atoms with Gasteiger partial charge in [-0.3, -0.25) is 0 Å². The van der Waals surface area contributed by atoms with Crippen molar-refractivity contribution in [2.75, 3.05) is 25.4 Å². The Morgan fingerprint density at radius 3 is 2.75 bits per heavy atom. The second-order valence-electron chi connectivity index (χ2n) is 6.54. The Hall–Kier alpha value is -1.56. The quantitative estimate of drug-likeness (QED) is 0.740. The van der Waals surface area contributed by atoms with Crippen LogP contribution in [0.15, 0.2) is 28.7 Å². The first-order chi connectivity index (χ1) is 11.6. The maximum Gasteiger partial charge on any atom is 0.256 e. The molecule has 24 heavy (non-hydrogen) atoms. The zero-order valence-electron chi connectivity index (χ0n) is 14.3. The maximum atomic E-state index is 11.9. The van der Waals surface area contributed by atoms with Crippen LogP contribution in [0.4, 0.5) is 0 Å². The van der Waals surface area contributed by atoms with Gasteiger partial charge in [-0.15, -0.1) is 4.40 Å². The third-order valence-corrected chi connectivity index (χ3v) is 5.87. The lowest BCUT2D eigenvalue weighted by molar-refractivity contribution is 0.306. The highest BCUT2D eigenvalue weighted by Gasteiger charge is 2.33.